The van der Waals surface area contributed by atoms with E-state index in [9.17, 15) is 14.4 Å². The van der Waals surface area contributed by atoms with Crippen molar-refractivity contribution in [1.29, 1.82) is 0 Å². The van der Waals surface area contributed by atoms with Gasteiger partial charge < -0.3 is 20.6 Å². The lowest BCUT2D eigenvalue weighted by molar-refractivity contribution is -0.137. The highest BCUT2D eigenvalue weighted by atomic mass is 16.4. The smallest absolute Gasteiger partial charge is 0.315 e. The quantitative estimate of drug-likeness (QED) is 0.607. The number of carboxylic acids is 1. The fourth-order valence-electron chi connectivity index (χ4n) is 1.75. The zero-order valence-electron chi connectivity index (χ0n) is 11.3. The largest absolute Gasteiger partial charge is 0.481 e. The fourth-order valence-corrected chi connectivity index (χ4v) is 1.75. The summed E-state index contributed by atoms with van der Waals surface area (Å²) >= 11 is 0. The first-order chi connectivity index (χ1) is 8.90. The van der Waals surface area contributed by atoms with Gasteiger partial charge in [0.25, 0.3) is 0 Å². The molecule has 1 unspecified atom stereocenters. The van der Waals surface area contributed by atoms with Crippen LogP contribution in [0.3, 0.4) is 0 Å². The second-order valence-electron chi connectivity index (χ2n) is 4.98. The first-order valence-electron chi connectivity index (χ1n) is 6.36. The molecule has 3 N–H and O–H groups in total. The molecule has 7 nitrogen and oxygen atoms in total. The molecule has 0 aromatic heterocycles. The predicted molar refractivity (Wildman–Crippen MR) is 68.6 cm³/mol. The maximum Gasteiger partial charge on any atom is 0.315 e. The van der Waals surface area contributed by atoms with Crippen LogP contribution in [-0.2, 0) is 9.59 Å². The van der Waals surface area contributed by atoms with Crippen LogP contribution in [0.25, 0.3) is 0 Å². The van der Waals surface area contributed by atoms with Crippen molar-refractivity contribution in [2.24, 2.45) is 5.92 Å². The van der Waals surface area contributed by atoms with Crippen LogP contribution in [0.4, 0.5) is 4.79 Å². The van der Waals surface area contributed by atoms with Crippen LogP contribution in [0.2, 0.25) is 0 Å². The Hall–Kier alpha value is -1.79. The number of carboxylic acid groups (broad SMARTS) is 1. The van der Waals surface area contributed by atoms with E-state index in [0.717, 1.165) is 12.8 Å². The summed E-state index contributed by atoms with van der Waals surface area (Å²) in [6, 6.07) is -0.730. The van der Waals surface area contributed by atoms with E-state index in [0.29, 0.717) is 0 Å². The van der Waals surface area contributed by atoms with Crippen LogP contribution in [0, 0.1) is 5.92 Å². The van der Waals surface area contributed by atoms with Gasteiger partial charge in [-0.2, -0.15) is 0 Å². The van der Waals surface area contributed by atoms with E-state index in [1.54, 1.807) is 14.1 Å². The van der Waals surface area contributed by atoms with Gasteiger partial charge in [0.05, 0.1) is 6.42 Å². The first kappa shape index (κ1) is 15.3. The lowest BCUT2D eigenvalue weighted by Crippen LogP contribution is -2.45. The van der Waals surface area contributed by atoms with Crippen molar-refractivity contribution >= 4 is 17.9 Å². The predicted octanol–water partition coefficient (Wildman–Crippen LogP) is 0.0172. The zero-order chi connectivity index (χ0) is 14.4. The lowest BCUT2D eigenvalue weighted by atomic mass is 10.1. The van der Waals surface area contributed by atoms with Crippen LogP contribution in [0.15, 0.2) is 0 Å². The van der Waals surface area contributed by atoms with E-state index < -0.39 is 12.0 Å². The summed E-state index contributed by atoms with van der Waals surface area (Å²) in [5.41, 5.74) is 0. The molecule has 0 saturated heterocycles. The highest BCUT2D eigenvalue weighted by Gasteiger charge is 2.33. The molecule has 1 saturated carbocycles. The Kier molecular flexibility index (Phi) is 5.59. The molecule has 0 radical (unpaired) electrons. The fraction of sp³-hybridized carbons (Fsp3) is 0.750. The number of carbonyl (C=O) groups excluding carboxylic acids is 2. The van der Waals surface area contributed by atoms with Crippen molar-refractivity contribution in [2.45, 2.75) is 31.7 Å². The van der Waals surface area contributed by atoms with E-state index in [1.807, 2.05) is 0 Å². The van der Waals surface area contributed by atoms with Crippen molar-refractivity contribution in [3.8, 4) is 0 Å². The number of urea groups is 1. The summed E-state index contributed by atoms with van der Waals surface area (Å²) in [4.78, 5) is 35.0. The standard InChI is InChI=1S/C12H21N3O4/c1-15(2)10(16)5-6-13-12(19)14-9(7-11(17)18)8-3-4-8/h8-9H,3-7H2,1-2H3,(H,17,18)(H2,13,14,19). The molecule has 0 aromatic rings. The van der Waals surface area contributed by atoms with Gasteiger partial charge in [-0.15, -0.1) is 0 Å². The average Bonchev–Trinajstić information content (AvgIpc) is 3.10. The van der Waals surface area contributed by atoms with Gasteiger partial charge in [0.15, 0.2) is 0 Å². The number of nitrogens with one attached hydrogen (secondary N) is 2. The lowest BCUT2D eigenvalue weighted by Gasteiger charge is -2.17. The second kappa shape index (κ2) is 6.96. The molecule has 7 heteroatoms. The molecule has 3 amide bonds. The monoisotopic (exact) mass is 271 g/mol. The number of hydrogen-bond acceptors (Lipinski definition) is 3. The summed E-state index contributed by atoms with van der Waals surface area (Å²) in [5, 5.41) is 14.0. The van der Waals surface area contributed by atoms with Gasteiger partial charge in [-0.1, -0.05) is 0 Å². The molecule has 1 aliphatic rings. The molecule has 0 aromatic carbocycles. The molecule has 1 fully saturated rings. The van der Waals surface area contributed by atoms with Crippen LogP contribution in [-0.4, -0.2) is 54.6 Å². The Morgan fingerprint density at radius 3 is 2.42 bits per heavy atom. The molecular weight excluding hydrogens is 250 g/mol. The summed E-state index contributed by atoms with van der Waals surface area (Å²) in [7, 11) is 3.30. The third-order valence-electron chi connectivity index (χ3n) is 3.03. The second-order valence-corrected chi connectivity index (χ2v) is 4.98. The molecular formula is C12H21N3O4. The Morgan fingerprint density at radius 1 is 1.32 bits per heavy atom. The molecule has 0 heterocycles. The number of aliphatic carboxylic acids is 1. The van der Waals surface area contributed by atoms with E-state index in [1.165, 1.54) is 4.90 Å². The summed E-state index contributed by atoms with van der Waals surface area (Å²) in [6.45, 7) is 0.243. The van der Waals surface area contributed by atoms with Crippen LogP contribution < -0.4 is 10.6 Å². The number of amides is 3. The van der Waals surface area contributed by atoms with Crippen molar-refractivity contribution < 1.29 is 19.5 Å². The zero-order valence-corrected chi connectivity index (χ0v) is 11.3. The minimum Gasteiger partial charge on any atom is -0.481 e. The molecule has 19 heavy (non-hydrogen) atoms. The van der Waals surface area contributed by atoms with Crippen molar-refractivity contribution in [1.82, 2.24) is 15.5 Å². The summed E-state index contributed by atoms with van der Waals surface area (Å²) < 4.78 is 0. The van der Waals surface area contributed by atoms with Crippen molar-refractivity contribution in [2.75, 3.05) is 20.6 Å². The van der Waals surface area contributed by atoms with E-state index in [-0.39, 0.29) is 37.3 Å². The number of carbonyl (C=O) groups is 3. The molecule has 0 spiro atoms. The topological polar surface area (TPSA) is 98.7 Å². The Balaban J connectivity index is 2.25. The maximum atomic E-state index is 11.6. The average molecular weight is 271 g/mol. The molecule has 0 aliphatic heterocycles. The molecule has 0 bridgehead atoms. The van der Waals surface area contributed by atoms with Gasteiger partial charge in [0, 0.05) is 33.1 Å². The summed E-state index contributed by atoms with van der Waals surface area (Å²) in [6.07, 6.45) is 2.08. The van der Waals surface area contributed by atoms with Crippen molar-refractivity contribution in [3.05, 3.63) is 0 Å². The summed E-state index contributed by atoms with van der Waals surface area (Å²) in [5.74, 6) is -0.713. The normalized spacial score (nSPS) is 15.5. The van der Waals surface area contributed by atoms with Gasteiger partial charge in [0.1, 0.15) is 0 Å². The number of nitrogens with zero attached hydrogens (tertiary/aromatic N) is 1. The Morgan fingerprint density at radius 2 is 1.95 bits per heavy atom. The molecule has 1 aliphatic carbocycles. The van der Waals surface area contributed by atoms with E-state index in [2.05, 4.69) is 10.6 Å². The van der Waals surface area contributed by atoms with Gasteiger partial charge in [-0.05, 0) is 18.8 Å². The minimum atomic E-state index is -0.917. The highest BCUT2D eigenvalue weighted by molar-refractivity contribution is 5.78. The molecule has 108 valence electrons. The third-order valence-corrected chi connectivity index (χ3v) is 3.03. The Bertz CT molecular complexity index is 353. The van der Waals surface area contributed by atoms with Crippen molar-refractivity contribution in [3.63, 3.8) is 0 Å². The number of rotatable bonds is 7. The third kappa shape index (κ3) is 6.08. The number of hydrogen-bond donors (Lipinski definition) is 3. The molecule has 1 atom stereocenters. The highest BCUT2D eigenvalue weighted by Crippen LogP contribution is 2.33. The van der Waals surface area contributed by atoms with Crippen LogP contribution in [0.1, 0.15) is 25.7 Å². The van der Waals surface area contributed by atoms with Gasteiger partial charge >= 0.3 is 12.0 Å². The van der Waals surface area contributed by atoms with E-state index in [4.69, 9.17) is 5.11 Å². The first-order valence-corrected chi connectivity index (χ1v) is 6.36. The van der Waals surface area contributed by atoms with Gasteiger partial charge in [-0.3, -0.25) is 9.59 Å². The van der Waals surface area contributed by atoms with Gasteiger partial charge in [0.2, 0.25) is 5.91 Å². The molecule has 1 rings (SSSR count). The van der Waals surface area contributed by atoms with E-state index >= 15 is 0 Å². The van der Waals surface area contributed by atoms with Crippen LogP contribution >= 0.6 is 0 Å². The van der Waals surface area contributed by atoms with Crippen LogP contribution in [0.5, 0.6) is 0 Å². The van der Waals surface area contributed by atoms with Gasteiger partial charge in [-0.25, -0.2) is 4.79 Å². The Labute approximate surface area is 112 Å². The maximum absolute atomic E-state index is 11.6. The minimum absolute atomic E-state index is 0.0608. The SMILES string of the molecule is CN(C)C(=O)CCNC(=O)NC(CC(=O)O)C1CC1.